The predicted octanol–water partition coefficient (Wildman–Crippen LogP) is 0.0798. The number of ether oxygens (including phenoxy) is 1. The Morgan fingerprint density at radius 1 is 1.78 bits per heavy atom. The zero-order valence-corrected chi connectivity index (χ0v) is 5.01. The van der Waals surface area contributed by atoms with Crippen molar-refractivity contribution < 1.29 is 14.3 Å². The van der Waals surface area contributed by atoms with Gasteiger partial charge in [-0.15, -0.1) is 0 Å². The maximum Gasteiger partial charge on any atom is 0.349 e. The Morgan fingerprint density at radius 2 is 2.44 bits per heavy atom. The highest BCUT2D eigenvalue weighted by molar-refractivity contribution is 6.03. The summed E-state index contributed by atoms with van der Waals surface area (Å²) in [6.45, 7) is 1.84. The molecule has 0 aromatic carbocycles. The van der Waals surface area contributed by atoms with E-state index in [2.05, 4.69) is 4.74 Å². The third-order valence-corrected chi connectivity index (χ3v) is 1.27. The SMILES string of the molecule is CCC1OC(=O)C1=C=O. The van der Waals surface area contributed by atoms with Crippen molar-refractivity contribution in [3.05, 3.63) is 5.57 Å². The Labute approximate surface area is 52.3 Å². The average molecular weight is 126 g/mol. The Bertz CT molecular complexity index is 188. The molecule has 0 amide bonds. The first-order chi connectivity index (χ1) is 4.29. The van der Waals surface area contributed by atoms with Crippen LogP contribution in [0.4, 0.5) is 0 Å². The van der Waals surface area contributed by atoms with Gasteiger partial charge in [0.05, 0.1) is 0 Å². The largest absolute Gasteiger partial charge is 0.452 e. The summed E-state index contributed by atoms with van der Waals surface area (Å²) in [4.78, 5) is 20.2. The van der Waals surface area contributed by atoms with Crippen LogP contribution in [0.3, 0.4) is 0 Å². The molecule has 0 radical (unpaired) electrons. The van der Waals surface area contributed by atoms with E-state index >= 15 is 0 Å². The molecule has 0 saturated carbocycles. The molecule has 1 atom stereocenters. The van der Waals surface area contributed by atoms with Crippen molar-refractivity contribution in [1.82, 2.24) is 0 Å². The van der Waals surface area contributed by atoms with Crippen LogP contribution in [0.15, 0.2) is 5.57 Å². The maximum absolute atomic E-state index is 10.3. The monoisotopic (exact) mass is 126 g/mol. The third kappa shape index (κ3) is 0.752. The average Bonchev–Trinajstić information content (AvgIpc) is 1.83. The Kier molecular flexibility index (Phi) is 1.37. The van der Waals surface area contributed by atoms with Gasteiger partial charge in [-0.05, 0) is 6.42 Å². The van der Waals surface area contributed by atoms with Gasteiger partial charge in [-0.2, -0.15) is 0 Å². The van der Waals surface area contributed by atoms with E-state index < -0.39 is 5.97 Å². The number of carbonyl (C=O) groups excluding carboxylic acids is 2. The van der Waals surface area contributed by atoms with E-state index in [-0.39, 0.29) is 11.7 Å². The highest BCUT2D eigenvalue weighted by Gasteiger charge is 2.35. The number of rotatable bonds is 1. The van der Waals surface area contributed by atoms with Gasteiger partial charge in [-0.3, -0.25) is 0 Å². The Morgan fingerprint density at radius 3 is 2.67 bits per heavy atom. The van der Waals surface area contributed by atoms with Crippen molar-refractivity contribution >= 4 is 11.9 Å². The van der Waals surface area contributed by atoms with E-state index in [0.717, 1.165) is 0 Å². The summed E-state index contributed by atoms with van der Waals surface area (Å²) in [6, 6.07) is 0. The first-order valence-corrected chi connectivity index (χ1v) is 2.75. The standard InChI is InChI=1S/C6H6O3/c1-2-5-4(3-7)6(8)9-5/h5H,2H2,1H3. The molecule has 1 unspecified atom stereocenters. The fourth-order valence-corrected chi connectivity index (χ4v) is 0.720. The Hall–Kier alpha value is -1.08. The molecule has 48 valence electrons. The lowest BCUT2D eigenvalue weighted by Gasteiger charge is -2.24. The maximum atomic E-state index is 10.3. The number of hydrogen-bond donors (Lipinski definition) is 0. The summed E-state index contributed by atoms with van der Waals surface area (Å²) >= 11 is 0. The summed E-state index contributed by atoms with van der Waals surface area (Å²) in [5.74, 6) is 1.03. The fraction of sp³-hybridized carbons (Fsp3) is 0.500. The van der Waals surface area contributed by atoms with Gasteiger partial charge in [0.2, 0.25) is 0 Å². The molecule has 0 aromatic heterocycles. The first-order valence-electron chi connectivity index (χ1n) is 2.75. The minimum Gasteiger partial charge on any atom is -0.452 e. The number of carbonyl (C=O) groups is 1. The van der Waals surface area contributed by atoms with Gasteiger partial charge in [-0.25, -0.2) is 9.59 Å². The van der Waals surface area contributed by atoms with Crippen LogP contribution in [0.1, 0.15) is 13.3 Å². The zero-order valence-electron chi connectivity index (χ0n) is 5.01. The molecule has 3 heteroatoms. The topological polar surface area (TPSA) is 43.4 Å². The van der Waals surface area contributed by atoms with Crippen LogP contribution in [0, 0.1) is 0 Å². The van der Waals surface area contributed by atoms with Gasteiger partial charge in [0.15, 0.2) is 5.57 Å². The van der Waals surface area contributed by atoms with Crippen molar-refractivity contribution in [3.63, 3.8) is 0 Å². The molecule has 1 aliphatic rings. The number of hydrogen-bond acceptors (Lipinski definition) is 3. The molecule has 3 nitrogen and oxygen atoms in total. The molecule has 9 heavy (non-hydrogen) atoms. The highest BCUT2D eigenvalue weighted by Crippen LogP contribution is 2.20. The van der Waals surface area contributed by atoms with Crippen LogP contribution in [0.5, 0.6) is 0 Å². The van der Waals surface area contributed by atoms with Crippen molar-refractivity contribution in [1.29, 1.82) is 0 Å². The molecule has 0 aliphatic carbocycles. The summed E-state index contributed by atoms with van der Waals surface area (Å²) < 4.78 is 4.55. The molecule has 1 aliphatic heterocycles. The third-order valence-electron chi connectivity index (χ3n) is 1.27. The van der Waals surface area contributed by atoms with Gasteiger partial charge >= 0.3 is 5.97 Å². The lowest BCUT2D eigenvalue weighted by molar-refractivity contribution is -0.155. The van der Waals surface area contributed by atoms with Crippen LogP contribution < -0.4 is 0 Å². The fourth-order valence-electron chi connectivity index (χ4n) is 0.720. The Balaban J connectivity index is 2.69. The highest BCUT2D eigenvalue weighted by atomic mass is 16.6. The molecule has 1 heterocycles. The van der Waals surface area contributed by atoms with E-state index in [1.807, 2.05) is 6.92 Å². The van der Waals surface area contributed by atoms with Crippen molar-refractivity contribution in [2.75, 3.05) is 0 Å². The lowest BCUT2D eigenvalue weighted by Crippen LogP contribution is -2.36. The second kappa shape index (κ2) is 2.03. The van der Waals surface area contributed by atoms with E-state index in [0.29, 0.717) is 6.42 Å². The van der Waals surface area contributed by atoms with Crippen LogP contribution in [-0.2, 0) is 14.3 Å². The summed E-state index contributed by atoms with van der Waals surface area (Å²) in [6.07, 6.45) is 0.381. The summed E-state index contributed by atoms with van der Waals surface area (Å²) in [5.41, 5.74) is 0.150. The van der Waals surface area contributed by atoms with Crippen LogP contribution in [0.25, 0.3) is 0 Å². The zero-order chi connectivity index (χ0) is 6.85. The molecular formula is C6H6O3. The molecule has 0 N–H and O–H groups in total. The molecule has 0 spiro atoms. The van der Waals surface area contributed by atoms with E-state index in [1.165, 1.54) is 0 Å². The molecule has 1 fully saturated rings. The van der Waals surface area contributed by atoms with Crippen LogP contribution in [0.2, 0.25) is 0 Å². The van der Waals surface area contributed by atoms with E-state index in [4.69, 9.17) is 0 Å². The van der Waals surface area contributed by atoms with Crippen LogP contribution in [-0.4, -0.2) is 18.0 Å². The van der Waals surface area contributed by atoms with Gasteiger partial charge in [-0.1, -0.05) is 6.92 Å². The van der Waals surface area contributed by atoms with Gasteiger partial charge in [0.1, 0.15) is 12.0 Å². The molecule has 0 aromatic rings. The molecule has 1 saturated heterocycles. The van der Waals surface area contributed by atoms with E-state index in [9.17, 15) is 9.59 Å². The molecular weight excluding hydrogens is 120 g/mol. The molecule has 1 rings (SSSR count). The second-order valence-corrected chi connectivity index (χ2v) is 1.82. The van der Waals surface area contributed by atoms with Gasteiger partial charge in [0.25, 0.3) is 0 Å². The minimum atomic E-state index is -0.517. The lowest BCUT2D eigenvalue weighted by atomic mass is 10.1. The summed E-state index contributed by atoms with van der Waals surface area (Å²) in [7, 11) is 0. The van der Waals surface area contributed by atoms with Crippen molar-refractivity contribution in [2.24, 2.45) is 0 Å². The smallest absolute Gasteiger partial charge is 0.349 e. The number of esters is 1. The quantitative estimate of drug-likeness (QED) is 0.284. The normalized spacial score (nSPS) is 24.3. The van der Waals surface area contributed by atoms with Gasteiger partial charge < -0.3 is 4.74 Å². The van der Waals surface area contributed by atoms with Gasteiger partial charge in [0, 0.05) is 0 Å². The van der Waals surface area contributed by atoms with Crippen molar-refractivity contribution in [2.45, 2.75) is 19.4 Å². The second-order valence-electron chi connectivity index (χ2n) is 1.82. The number of cyclic esters (lactones) is 1. The summed E-state index contributed by atoms with van der Waals surface area (Å²) in [5, 5.41) is 0. The predicted molar refractivity (Wildman–Crippen MR) is 29.4 cm³/mol. The van der Waals surface area contributed by atoms with E-state index in [1.54, 1.807) is 5.94 Å². The van der Waals surface area contributed by atoms with Crippen molar-refractivity contribution in [3.8, 4) is 0 Å². The molecule has 0 bridgehead atoms. The first kappa shape index (κ1) is 6.05. The minimum absolute atomic E-state index is 0.150. The van der Waals surface area contributed by atoms with Crippen LogP contribution >= 0.6 is 0 Å².